The van der Waals surface area contributed by atoms with Crippen LogP contribution < -0.4 is 5.32 Å². The van der Waals surface area contributed by atoms with Gasteiger partial charge < -0.3 is 5.32 Å². The Labute approximate surface area is 122 Å². The standard InChI is InChI=1S/C14H15Cl2NS/c1-9-5-3-4-6-10(9)7-12(17-2)11-8-13(15)18-14(11)16/h3-6,8,12,17H,7H2,1-2H3. The third-order valence-corrected chi connectivity index (χ3v) is 4.61. The number of likely N-dealkylation sites (N-methyl/N-ethyl adjacent to an activating group) is 1. The molecule has 1 atom stereocenters. The van der Waals surface area contributed by atoms with Crippen LogP contribution in [-0.2, 0) is 6.42 Å². The summed E-state index contributed by atoms with van der Waals surface area (Å²) in [5.41, 5.74) is 3.71. The first-order valence-electron chi connectivity index (χ1n) is 5.78. The molecular formula is C14H15Cl2NS. The molecule has 0 fully saturated rings. The molecule has 0 spiro atoms. The lowest BCUT2D eigenvalue weighted by molar-refractivity contribution is 0.592. The van der Waals surface area contributed by atoms with Gasteiger partial charge in [-0.25, -0.2) is 0 Å². The number of halogens is 2. The monoisotopic (exact) mass is 299 g/mol. The molecule has 4 heteroatoms. The van der Waals surface area contributed by atoms with E-state index in [-0.39, 0.29) is 6.04 Å². The van der Waals surface area contributed by atoms with Gasteiger partial charge in [-0.15, -0.1) is 11.3 Å². The topological polar surface area (TPSA) is 12.0 Å². The highest BCUT2D eigenvalue weighted by atomic mass is 35.5. The van der Waals surface area contributed by atoms with Crippen molar-refractivity contribution in [2.75, 3.05) is 7.05 Å². The van der Waals surface area contributed by atoms with Crippen LogP contribution in [0.1, 0.15) is 22.7 Å². The maximum atomic E-state index is 6.22. The minimum Gasteiger partial charge on any atom is -0.313 e. The van der Waals surface area contributed by atoms with E-state index in [0.29, 0.717) is 0 Å². The Morgan fingerprint density at radius 2 is 2.00 bits per heavy atom. The molecule has 0 bridgehead atoms. The fourth-order valence-electron chi connectivity index (χ4n) is 2.02. The molecule has 1 aromatic carbocycles. The Kier molecular flexibility index (Phi) is 4.68. The summed E-state index contributed by atoms with van der Waals surface area (Å²) in [6, 6.07) is 10.6. The highest BCUT2D eigenvalue weighted by Gasteiger charge is 2.17. The van der Waals surface area contributed by atoms with Gasteiger partial charge in [-0.05, 0) is 37.6 Å². The van der Waals surface area contributed by atoms with E-state index < -0.39 is 0 Å². The molecule has 1 nitrogen and oxygen atoms in total. The van der Waals surface area contributed by atoms with Gasteiger partial charge in [0.05, 0.1) is 8.67 Å². The molecule has 96 valence electrons. The van der Waals surface area contributed by atoms with Crippen LogP contribution in [0.15, 0.2) is 30.3 Å². The van der Waals surface area contributed by atoms with E-state index in [1.54, 1.807) is 0 Å². The fourth-order valence-corrected chi connectivity index (χ4v) is 3.60. The minimum atomic E-state index is 0.197. The van der Waals surface area contributed by atoms with Gasteiger partial charge in [0.2, 0.25) is 0 Å². The third kappa shape index (κ3) is 3.07. The van der Waals surface area contributed by atoms with Crippen LogP contribution >= 0.6 is 34.5 Å². The van der Waals surface area contributed by atoms with Crippen molar-refractivity contribution in [2.45, 2.75) is 19.4 Å². The molecule has 1 aromatic heterocycles. The number of aryl methyl sites for hydroxylation is 1. The largest absolute Gasteiger partial charge is 0.313 e. The van der Waals surface area contributed by atoms with Crippen LogP contribution in [0.2, 0.25) is 8.67 Å². The molecule has 0 saturated carbocycles. The van der Waals surface area contributed by atoms with Crippen molar-refractivity contribution >= 4 is 34.5 Å². The molecule has 18 heavy (non-hydrogen) atoms. The summed E-state index contributed by atoms with van der Waals surface area (Å²) in [6.07, 6.45) is 0.913. The van der Waals surface area contributed by atoms with Gasteiger partial charge in [0.25, 0.3) is 0 Å². The lowest BCUT2D eigenvalue weighted by Crippen LogP contribution is -2.19. The smallest absolute Gasteiger partial charge is 0.0992 e. The van der Waals surface area contributed by atoms with Gasteiger partial charge in [-0.1, -0.05) is 47.5 Å². The van der Waals surface area contributed by atoms with E-state index >= 15 is 0 Å². The molecule has 2 aromatic rings. The zero-order valence-corrected chi connectivity index (χ0v) is 12.7. The maximum Gasteiger partial charge on any atom is 0.0992 e. The molecule has 2 rings (SSSR count). The molecule has 0 aliphatic heterocycles. The second-order valence-corrected chi connectivity index (χ2v) is 6.54. The second kappa shape index (κ2) is 6.07. The summed E-state index contributed by atoms with van der Waals surface area (Å²) in [7, 11) is 1.95. The second-order valence-electron chi connectivity index (χ2n) is 4.25. The Hall–Kier alpha value is -0.540. The van der Waals surface area contributed by atoms with E-state index in [2.05, 4.69) is 36.5 Å². The van der Waals surface area contributed by atoms with E-state index in [1.807, 2.05) is 13.1 Å². The van der Waals surface area contributed by atoms with Gasteiger partial charge in [0, 0.05) is 11.6 Å². The number of thiophene rings is 1. The summed E-state index contributed by atoms with van der Waals surface area (Å²) in [5, 5.41) is 3.31. The summed E-state index contributed by atoms with van der Waals surface area (Å²) in [5.74, 6) is 0. The van der Waals surface area contributed by atoms with Crippen molar-refractivity contribution in [1.29, 1.82) is 0 Å². The van der Waals surface area contributed by atoms with Gasteiger partial charge in [-0.3, -0.25) is 0 Å². The highest BCUT2D eigenvalue weighted by Crippen LogP contribution is 2.36. The summed E-state index contributed by atoms with van der Waals surface area (Å²) >= 11 is 13.6. The molecule has 0 amide bonds. The average Bonchev–Trinajstić information content (AvgIpc) is 2.67. The number of nitrogens with one attached hydrogen (secondary N) is 1. The maximum absolute atomic E-state index is 6.22. The lowest BCUT2D eigenvalue weighted by Gasteiger charge is -2.17. The number of hydrogen-bond acceptors (Lipinski definition) is 2. The van der Waals surface area contributed by atoms with Crippen LogP contribution in [0.5, 0.6) is 0 Å². The molecule has 1 unspecified atom stereocenters. The Balaban J connectivity index is 2.25. The molecule has 0 saturated heterocycles. The highest BCUT2D eigenvalue weighted by molar-refractivity contribution is 7.20. The van der Waals surface area contributed by atoms with Crippen LogP contribution in [-0.4, -0.2) is 7.05 Å². The Morgan fingerprint density at radius 3 is 2.56 bits per heavy atom. The van der Waals surface area contributed by atoms with Crippen LogP contribution in [0.25, 0.3) is 0 Å². The van der Waals surface area contributed by atoms with E-state index in [4.69, 9.17) is 23.2 Å². The zero-order valence-electron chi connectivity index (χ0n) is 10.3. The SMILES string of the molecule is CNC(Cc1ccccc1C)c1cc(Cl)sc1Cl. The van der Waals surface area contributed by atoms with Crippen LogP contribution in [0.4, 0.5) is 0 Å². The van der Waals surface area contributed by atoms with Crippen LogP contribution in [0, 0.1) is 6.92 Å². The van der Waals surface area contributed by atoms with Crippen molar-refractivity contribution in [3.63, 3.8) is 0 Å². The molecular weight excluding hydrogens is 285 g/mol. The average molecular weight is 300 g/mol. The van der Waals surface area contributed by atoms with E-state index in [9.17, 15) is 0 Å². The predicted molar refractivity (Wildman–Crippen MR) is 81.0 cm³/mol. The lowest BCUT2D eigenvalue weighted by atomic mass is 9.98. The fraction of sp³-hybridized carbons (Fsp3) is 0.286. The van der Waals surface area contributed by atoms with Crippen molar-refractivity contribution in [1.82, 2.24) is 5.32 Å². The summed E-state index contributed by atoms with van der Waals surface area (Å²) in [6.45, 7) is 2.13. The Bertz CT molecular complexity index is 536. The molecule has 0 radical (unpaired) electrons. The quantitative estimate of drug-likeness (QED) is 0.849. The van der Waals surface area contributed by atoms with Gasteiger partial charge in [0.15, 0.2) is 0 Å². The van der Waals surface area contributed by atoms with Gasteiger partial charge in [-0.2, -0.15) is 0 Å². The molecule has 0 aliphatic carbocycles. The van der Waals surface area contributed by atoms with Gasteiger partial charge >= 0.3 is 0 Å². The first-order chi connectivity index (χ1) is 8.61. The molecule has 1 heterocycles. The van der Waals surface area contributed by atoms with Crippen molar-refractivity contribution in [3.05, 3.63) is 55.7 Å². The number of benzene rings is 1. The first-order valence-corrected chi connectivity index (χ1v) is 7.35. The summed E-state index contributed by atoms with van der Waals surface area (Å²) in [4.78, 5) is 0. The Morgan fingerprint density at radius 1 is 1.28 bits per heavy atom. The van der Waals surface area contributed by atoms with Crippen molar-refractivity contribution < 1.29 is 0 Å². The van der Waals surface area contributed by atoms with Crippen molar-refractivity contribution in [3.8, 4) is 0 Å². The first kappa shape index (κ1) is 13.9. The zero-order chi connectivity index (χ0) is 13.1. The normalized spacial score (nSPS) is 12.7. The minimum absolute atomic E-state index is 0.197. The summed E-state index contributed by atoms with van der Waals surface area (Å²) < 4.78 is 1.51. The van der Waals surface area contributed by atoms with Crippen LogP contribution in [0.3, 0.4) is 0 Å². The number of rotatable bonds is 4. The van der Waals surface area contributed by atoms with Crippen molar-refractivity contribution in [2.24, 2.45) is 0 Å². The molecule has 0 aliphatic rings. The van der Waals surface area contributed by atoms with E-state index in [0.717, 1.165) is 20.7 Å². The predicted octanol–water partition coefficient (Wildman–Crippen LogP) is 4.87. The van der Waals surface area contributed by atoms with E-state index in [1.165, 1.54) is 22.5 Å². The number of hydrogen-bond donors (Lipinski definition) is 1. The molecule has 1 N–H and O–H groups in total. The van der Waals surface area contributed by atoms with Gasteiger partial charge in [0.1, 0.15) is 0 Å². The third-order valence-electron chi connectivity index (χ3n) is 3.09.